The van der Waals surface area contributed by atoms with Crippen LogP contribution >= 0.6 is 0 Å². The second-order valence-electron chi connectivity index (χ2n) is 8.48. The van der Waals surface area contributed by atoms with E-state index in [1.54, 1.807) is 30.7 Å². The van der Waals surface area contributed by atoms with Crippen LogP contribution in [0.25, 0.3) is 11.0 Å². The third-order valence-corrected chi connectivity index (χ3v) is 5.62. The summed E-state index contributed by atoms with van der Waals surface area (Å²) >= 11 is 0. The van der Waals surface area contributed by atoms with Crippen molar-refractivity contribution in [1.82, 2.24) is 15.0 Å². The molecule has 0 unspecified atom stereocenters. The zero-order chi connectivity index (χ0) is 22.3. The van der Waals surface area contributed by atoms with Gasteiger partial charge in [-0.2, -0.15) is 0 Å². The fourth-order valence-corrected chi connectivity index (χ4v) is 4.04. The molecule has 160 valence electrons. The van der Waals surface area contributed by atoms with E-state index >= 15 is 0 Å². The molecule has 0 spiro atoms. The van der Waals surface area contributed by atoms with Crippen molar-refractivity contribution in [2.24, 2.45) is 0 Å². The van der Waals surface area contributed by atoms with Crippen molar-refractivity contribution in [3.05, 3.63) is 72.2 Å². The summed E-state index contributed by atoms with van der Waals surface area (Å²) in [7, 11) is 0. The van der Waals surface area contributed by atoms with Crippen molar-refractivity contribution in [2.45, 2.75) is 25.7 Å². The monoisotopic (exact) mass is 426 g/mol. The van der Waals surface area contributed by atoms with Crippen LogP contribution in [0.15, 0.2) is 61.1 Å². The van der Waals surface area contributed by atoms with E-state index in [0.29, 0.717) is 23.5 Å². The number of aromatic nitrogens is 3. The Balaban J connectivity index is 1.40. The summed E-state index contributed by atoms with van der Waals surface area (Å²) in [5.74, 6) is 0.111. The Hall–Kier alpha value is -4.20. The average molecular weight is 426 g/mol. The third-order valence-electron chi connectivity index (χ3n) is 5.62. The molecule has 4 N–H and O–H groups in total. The van der Waals surface area contributed by atoms with Crippen LogP contribution in [0.5, 0.6) is 0 Å². The summed E-state index contributed by atoms with van der Waals surface area (Å²) in [6, 6.07) is 14.7. The summed E-state index contributed by atoms with van der Waals surface area (Å²) < 4.78 is 0. The van der Waals surface area contributed by atoms with Gasteiger partial charge in [-0.1, -0.05) is 19.9 Å². The summed E-state index contributed by atoms with van der Waals surface area (Å²) in [5.41, 5.74) is 5.05. The van der Waals surface area contributed by atoms with Crippen LogP contribution in [0.1, 0.15) is 36.2 Å². The highest BCUT2D eigenvalue weighted by Gasteiger charge is 2.32. The summed E-state index contributed by atoms with van der Waals surface area (Å²) in [6.07, 6.45) is 3.70. The fourth-order valence-electron chi connectivity index (χ4n) is 4.04. The molecule has 5 rings (SSSR count). The number of carbonyl (C=O) groups is 2. The van der Waals surface area contributed by atoms with E-state index in [1.165, 1.54) is 0 Å². The van der Waals surface area contributed by atoms with E-state index in [9.17, 15) is 9.59 Å². The smallest absolute Gasteiger partial charge is 0.259 e. The Labute approximate surface area is 184 Å². The Morgan fingerprint density at radius 2 is 1.91 bits per heavy atom. The van der Waals surface area contributed by atoms with Crippen LogP contribution in [0.4, 0.5) is 22.9 Å². The van der Waals surface area contributed by atoms with Gasteiger partial charge in [0.25, 0.3) is 5.91 Å². The quantitative estimate of drug-likeness (QED) is 0.382. The number of rotatable bonds is 4. The van der Waals surface area contributed by atoms with Gasteiger partial charge in [-0.25, -0.2) is 9.97 Å². The van der Waals surface area contributed by atoms with Crippen LogP contribution in [0, 0.1) is 0 Å². The molecule has 32 heavy (non-hydrogen) atoms. The van der Waals surface area contributed by atoms with E-state index < -0.39 is 0 Å². The van der Waals surface area contributed by atoms with Crippen molar-refractivity contribution in [1.29, 1.82) is 0 Å². The largest absolute Gasteiger partial charge is 0.345 e. The van der Waals surface area contributed by atoms with Crippen molar-refractivity contribution < 1.29 is 9.59 Å². The Morgan fingerprint density at radius 1 is 1.06 bits per heavy atom. The van der Waals surface area contributed by atoms with Gasteiger partial charge in [0.05, 0.1) is 22.9 Å². The first kappa shape index (κ1) is 19.7. The first-order valence-electron chi connectivity index (χ1n) is 10.3. The van der Waals surface area contributed by atoms with Gasteiger partial charge in [0.1, 0.15) is 5.82 Å². The highest BCUT2D eigenvalue weighted by Crippen LogP contribution is 2.38. The van der Waals surface area contributed by atoms with Crippen LogP contribution < -0.4 is 16.0 Å². The second kappa shape index (κ2) is 7.49. The molecule has 0 radical (unpaired) electrons. The molecule has 0 fully saturated rings. The molecule has 0 bridgehead atoms. The zero-order valence-corrected chi connectivity index (χ0v) is 17.7. The molecule has 0 saturated heterocycles. The van der Waals surface area contributed by atoms with E-state index in [1.807, 2.05) is 44.2 Å². The number of anilines is 4. The minimum absolute atomic E-state index is 0.0287. The molecule has 1 aliphatic heterocycles. The summed E-state index contributed by atoms with van der Waals surface area (Å²) in [5, 5.41) is 9.03. The first-order valence-corrected chi connectivity index (χ1v) is 10.3. The Morgan fingerprint density at radius 3 is 2.78 bits per heavy atom. The van der Waals surface area contributed by atoms with Crippen molar-refractivity contribution >= 4 is 45.7 Å². The molecule has 1 aliphatic rings. The maximum Gasteiger partial charge on any atom is 0.259 e. The highest BCUT2D eigenvalue weighted by molar-refractivity contribution is 6.08. The molecule has 2 aromatic heterocycles. The summed E-state index contributed by atoms with van der Waals surface area (Å²) in [4.78, 5) is 36.8. The lowest BCUT2D eigenvalue weighted by Crippen LogP contribution is -2.32. The number of hydrogen-bond acceptors (Lipinski definition) is 5. The van der Waals surface area contributed by atoms with Crippen molar-refractivity contribution in [3.63, 3.8) is 0 Å². The molecule has 2 amide bonds. The number of pyridine rings is 1. The molecular weight excluding hydrogens is 404 g/mol. The van der Waals surface area contributed by atoms with Crippen LogP contribution in [0.3, 0.4) is 0 Å². The minimum atomic E-state index is -0.301. The number of imidazole rings is 1. The van der Waals surface area contributed by atoms with Crippen molar-refractivity contribution in [2.75, 3.05) is 16.0 Å². The minimum Gasteiger partial charge on any atom is -0.345 e. The van der Waals surface area contributed by atoms with Gasteiger partial charge in [0.2, 0.25) is 5.91 Å². The molecule has 8 nitrogen and oxygen atoms in total. The number of H-pyrrole nitrogens is 1. The predicted molar refractivity (Wildman–Crippen MR) is 124 cm³/mol. The Bertz CT molecular complexity index is 1360. The van der Waals surface area contributed by atoms with Crippen LogP contribution in [-0.2, 0) is 10.2 Å². The molecule has 8 heteroatoms. The Kier molecular flexibility index (Phi) is 4.62. The number of fused-ring (bicyclic) bond motifs is 2. The number of hydrogen-bond donors (Lipinski definition) is 4. The lowest BCUT2D eigenvalue weighted by Gasteiger charge is -2.32. The third kappa shape index (κ3) is 3.66. The molecular formula is C24H22N6O2. The fraction of sp³-hybridized carbons (Fsp3) is 0.167. The second-order valence-corrected chi connectivity index (χ2v) is 8.48. The van der Waals surface area contributed by atoms with Gasteiger partial charge in [-0.15, -0.1) is 0 Å². The van der Waals surface area contributed by atoms with Crippen molar-refractivity contribution in [3.8, 4) is 0 Å². The lowest BCUT2D eigenvalue weighted by molar-refractivity contribution is -0.117. The highest BCUT2D eigenvalue weighted by atomic mass is 16.2. The number of carbonyl (C=O) groups excluding carboxylic acids is 2. The number of nitrogens with zero attached hydrogens (tertiary/aromatic N) is 2. The van der Waals surface area contributed by atoms with Gasteiger partial charge in [0, 0.05) is 35.1 Å². The van der Waals surface area contributed by atoms with E-state index in [-0.39, 0.29) is 17.2 Å². The average Bonchev–Trinajstić information content (AvgIpc) is 3.21. The molecule has 0 atom stereocenters. The predicted octanol–water partition coefficient (Wildman–Crippen LogP) is 4.57. The van der Waals surface area contributed by atoms with E-state index in [2.05, 4.69) is 30.9 Å². The first-order chi connectivity index (χ1) is 15.4. The lowest BCUT2D eigenvalue weighted by atomic mass is 9.78. The van der Waals surface area contributed by atoms with E-state index in [0.717, 1.165) is 28.0 Å². The van der Waals surface area contributed by atoms with Crippen LogP contribution in [0.2, 0.25) is 0 Å². The molecule has 2 aromatic carbocycles. The molecule has 0 aliphatic carbocycles. The van der Waals surface area contributed by atoms with Gasteiger partial charge >= 0.3 is 0 Å². The van der Waals surface area contributed by atoms with Gasteiger partial charge in [-0.05, 0) is 48.0 Å². The molecule has 4 aromatic rings. The van der Waals surface area contributed by atoms with Crippen LogP contribution in [-0.4, -0.2) is 26.8 Å². The number of benzene rings is 2. The summed E-state index contributed by atoms with van der Waals surface area (Å²) in [6.45, 7) is 4.08. The number of nitrogens with one attached hydrogen (secondary N) is 4. The van der Waals surface area contributed by atoms with Gasteiger partial charge in [0.15, 0.2) is 0 Å². The van der Waals surface area contributed by atoms with Gasteiger partial charge < -0.3 is 20.9 Å². The molecule has 3 heterocycles. The van der Waals surface area contributed by atoms with E-state index in [4.69, 9.17) is 0 Å². The number of amides is 2. The normalized spacial score (nSPS) is 14.5. The SMILES string of the molecule is CC1(C)CC(=O)Nc2cc(NC(=O)c3cccnc3Nc3ccc4nc[nH]c4c3)ccc21. The standard InChI is InChI=1S/C24H22N6O2/c1-24(2)12-21(31)30-19-10-15(5-7-17(19)24)29-23(32)16-4-3-9-25-22(16)28-14-6-8-18-20(11-14)27-13-26-18/h3-11,13H,12H2,1-2H3,(H,25,28)(H,26,27)(H,29,32)(H,30,31). The molecule has 0 saturated carbocycles. The maximum atomic E-state index is 13.1. The number of aromatic amines is 1. The zero-order valence-electron chi connectivity index (χ0n) is 17.7. The maximum absolute atomic E-state index is 13.1. The topological polar surface area (TPSA) is 112 Å². The van der Waals surface area contributed by atoms with Gasteiger partial charge in [-0.3, -0.25) is 9.59 Å².